The van der Waals surface area contributed by atoms with Crippen molar-refractivity contribution in [1.29, 1.82) is 0 Å². The number of nitrogens with zero attached hydrogens (tertiary/aromatic N) is 3. The number of rotatable bonds is 3. The monoisotopic (exact) mass is 334 g/mol. The van der Waals surface area contributed by atoms with Gasteiger partial charge in [-0.1, -0.05) is 53.0 Å². The first kappa shape index (κ1) is 14.7. The minimum absolute atomic E-state index is 0.0929. The fourth-order valence-electron chi connectivity index (χ4n) is 1.23. The molecule has 0 aliphatic heterocycles. The summed E-state index contributed by atoms with van der Waals surface area (Å²) in [6, 6.07) is 9.69. The van der Waals surface area contributed by atoms with Gasteiger partial charge in [-0.2, -0.15) is 9.97 Å². The Morgan fingerprint density at radius 3 is 2.32 bits per heavy atom. The Labute approximate surface area is 129 Å². The summed E-state index contributed by atoms with van der Waals surface area (Å²) >= 11 is 18.8. The molecule has 0 bridgehead atoms. The number of benzene rings is 1. The highest BCUT2D eigenvalue weighted by Gasteiger charge is 2.28. The molecule has 0 aliphatic carbocycles. The third kappa shape index (κ3) is 4.11. The van der Waals surface area contributed by atoms with E-state index < -0.39 is 3.79 Å². The third-order valence-corrected chi connectivity index (χ3v) is 3.42. The van der Waals surface area contributed by atoms with Crippen LogP contribution in [0.3, 0.4) is 0 Å². The van der Waals surface area contributed by atoms with Crippen molar-refractivity contribution in [2.45, 2.75) is 13.8 Å². The van der Waals surface area contributed by atoms with Crippen LogP contribution in [0, 0.1) is 0 Å². The lowest BCUT2D eigenvalue weighted by atomic mass is 10.4. The predicted molar refractivity (Wildman–Crippen MR) is 79.2 cm³/mol. The van der Waals surface area contributed by atoms with Gasteiger partial charge in [-0.25, -0.2) is 4.98 Å². The highest BCUT2D eigenvalue weighted by atomic mass is 35.6. The first-order chi connectivity index (χ1) is 8.99. The molecule has 2 aromatic rings. The second-order valence-electron chi connectivity index (χ2n) is 3.43. The van der Waals surface area contributed by atoms with E-state index in [1.807, 2.05) is 30.3 Å². The van der Waals surface area contributed by atoms with Gasteiger partial charge in [-0.3, -0.25) is 0 Å². The van der Waals surface area contributed by atoms with E-state index >= 15 is 0 Å². The smallest absolute Gasteiger partial charge is 0.250 e. The molecule has 19 heavy (non-hydrogen) atoms. The second kappa shape index (κ2) is 6.13. The van der Waals surface area contributed by atoms with Gasteiger partial charge in [0.15, 0.2) is 11.0 Å². The first-order valence-corrected chi connectivity index (χ1v) is 7.18. The zero-order valence-corrected chi connectivity index (χ0v) is 12.9. The highest BCUT2D eigenvalue weighted by Crippen LogP contribution is 2.37. The van der Waals surface area contributed by atoms with Crippen LogP contribution in [0.5, 0.6) is 0 Å². The van der Waals surface area contributed by atoms with Gasteiger partial charge in [0.2, 0.25) is 9.74 Å². The van der Waals surface area contributed by atoms with E-state index in [1.54, 1.807) is 7.05 Å². The van der Waals surface area contributed by atoms with Gasteiger partial charge in [0, 0.05) is 11.9 Å². The molecule has 0 fully saturated rings. The van der Waals surface area contributed by atoms with Gasteiger partial charge in [-0.05, 0) is 23.9 Å². The summed E-state index contributed by atoms with van der Waals surface area (Å²) < 4.78 is -1.68. The molecule has 1 aromatic heterocycles. The maximum absolute atomic E-state index is 5.80. The van der Waals surface area contributed by atoms with E-state index in [0.29, 0.717) is 11.1 Å². The average molecular weight is 336 g/mol. The van der Waals surface area contributed by atoms with Crippen molar-refractivity contribution in [3.8, 4) is 0 Å². The Hall–Kier alpha value is -0.750. The third-order valence-electron chi connectivity index (χ3n) is 2.04. The van der Waals surface area contributed by atoms with Crippen molar-refractivity contribution in [3.63, 3.8) is 0 Å². The number of alkyl halides is 3. The number of halogens is 3. The van der Waals surface area contributed by atoms with Gasteiger partial charge in [0.1, 0.15) is 0 Å². The van der Waals surface area contributed by atoms with Crippen molar-refractivity contribution in [1.82, 2.24) is 15.0 Å². The minimum atomic E-state index is -1.68. The lowest BCUT2D eigenvalue weighted by Gasteiger charge is -2.11. The summed E-state index contributed by atoms with van der Waals surface area (Å²) in [5, 5.41) is 3.28. The van der Waals surface area contributed by atoms with E-state index in [2.05, 4.69) is 20.3 Å². The molecule has 0 spiro atoms. The SMILES string of the molecule is CNc1nc(Sc2ccccc2)nc(C(Cl)(Cl)Cl)n1. The molecule has 0 aliphatic rings. The molecule has 0 amide bonds. The van der Waals surface area contributed by atoms with Crippen LogP contribution in [0.1, 0.15) is 5.82 Å². The Balaban J connectivity index is 2.35. The summed E-state index contributed by atoms with van der Waals surface area (Å²) in [7, 11) is 1.69. The summed E-state index contributed by atoms with van der Waals surface area (Å²) in [5.41, 5.74) is 0. The standard InChI is InChI=1S/C11H9Cl3N4S/c1-15-9-16-8(11(12,13)14)17-10(18-9)19-7-5-3-2-4-6-7/h2-6H,1H3,(H,15,16,17,18). The molecule has 1 heterocycles. The molecule has 1 aromatic carbocycles. The lowest BCUT2D eigenvalue weighted by Crippen LogP contribution is -2.11. The first-order valence-electron chi connectivity index (χ1n) is 5.23. The highest BCUT2D eigenvalue weighted by molar-refractivity contribution is 7.99. The van der Waals surface area contributed by atoms with Crippen LogP contribution < -0.4 is 5.32 Å². The Kier molecular flexibility index (Phi) is 4.73. The molecule has 1 N–H and O–H groups in total. The van der Waals surface area contributed by atoms with Gasteiger partial charge in [0.25, 0.3) is 0 Å². The minimum Gasteiger partial charge on any atom is -0.357 e. The Morgan fingerprint density at radius 1 is 1.05 bits per heavy atom. The van der Waals surface area contributed by atoms with Gasteiger partial charge >= 0.3 is 0 Å². The van der Waals surface area contributed by atoms with E-state index in [0.717, 1.165) is 4.90 Å². The van der Waals surface area contributed by atoms with E-state index in [9.17, 15) is 0 Å². The van der Waals surface area contributed by atoms with Crippen molar-refractivity contribution in [2.75, 3.05) is 12.4 Å². The van der Waals surface area contributed by atoms with E-state index in [-0.39, 0.29) is 5.82 Å². The van der Waals surface area contributed by atoms with Gasteiger partial charge in [0.05, 0.1) is 0 Å². The van der Waals surface area contributed by atoms with Crippen molar-refractivity contribution in [2.24, 2.45) is 0 Å². The van der Waals surface area contributed by atoms with Crippen molar-refractivity contribution >= 4 is 52.5 Å². The molecule has 100 valence electrons. The Morgan fingerprint density at radius 2 is 1.74 bits per heavy atom. The van der Waals surface area contributed by atoms with Gasteiger partial charge < -0.3 is 5.32 Å². The Bertz CT molecular complexity index is 560. The van der Waals surface area contributed by atoms with Crippen LogP contribution in [-0.4, -0.2) is 22.0 Å². The lowest BCUT2D eigenvalue weighted by molar-refractivity contribution is 0.830. The zero-order valence-electron chi connectivity index (χ0n) is 9.77. The fourth-order valence-corrected chi connectivity index (χ4v) is 2.26. The molecular weight excluding hydrogens is 327 g/mol. The molecule has 0 atom stereocenters. The molecule has 0 unspecified atom stereocenters. The van der Waals surface area contributed by atoms with Crippen LogP contribution in [0.15, 0.2) is 40.4 Å². The van der Waals surface area contributed by atoms with Crippen molar-refractivity contribution < 1.29 is 0 Å². The molecular formula is C11H9Cl3N4S. The maximum atomic E-state index is 5.80. The number of hydrogen-bond donors (Lipinski definition) is 1. The molecule has 0 saturated heterocycles. The second-order valence-corrected chi connectivity index (χ2v) is 6.75. The van der Waals surface area contributed by atoms with E-state index in [4.69, 9.17) is 34.8 Å². The van der Waals surface area contributed by atoms with Crippen LogP contribution in [0.25, 0.3) is 0 Å². The molecule has 8 heteroatoms. The largest absolute Gasteiger partial charge is 0.357 e. The summed E-state index contributed by atoms with van der Waals surface area (Å²) in [6.07, 6.45) is 0. The van der Waals surface area contributed by atoms with Crippen molar-refractivity contribution in [3.05, 3.63) is 36.2 Å². The molecule has 0 radical (unpaired) electrons. The normalized spacial score (nSPS) is 11.4. The number of aromatic nitrogens is 3. The number of nitrogens with one attached hydrogen (secondary N) is 1. The predicted octanol–water partition coefficient (Wildman–Crippen LogP) is 3.89. The summed E-state index contributed by atoms with van der Waals surface area (Å²) in [4.78, 5) is 13.4. The average Bonchev–Trinajstić information content (AvgIpc) is 2.38. The van der Waals surface area contributed by atoms with Crippen LogP contribution in [0.4, 0.5) is 5.95 Å². The topological polar surface area (TPSA) is 50.7 Å². The quantitative estimate of drug-likeness (QED) is 0.862. The molecule has 0 saturated carbocycles. The van der Waals surface area contributed by atoms with E-state index in [1.165, 1.54) is 11.8 Å². The van der Waals surface area contributed by atoms with Crippen LogP contribution in [-0.2, 0) is 3.79 Å². The fraction of sp³-hybridized carbons (Fsp3) is 0.182. The van der Waals surface area contributed by atoms with Gasteiger partial charge in [-0.15, -0.1) is 0 Å². The maximum Gasteiger partial charge on any atom is 0.250 e. The number of anilines is 1. The molecule has 2 rings (SSSR count). The zero-order chi connectivity index (χ0) is 13.9. The van der Waals surface area contributed by atoms with Crippen LogP contribution >= 0.6 is 46.6 Å². The number of hydrogen-bond acceptors (Lipinski definition) is 5. The summed E-state index contributed by atoms with van der Waals surface area (Å²) in [6.45, 7) is 0. The molecule has 4 nitrogen and oxygen atoms in total. The summed E-state index contributed by atoms with van der Waals surface area (Å²) in [5.74, 6) is 0.449. The van der Waals surface area contributed by atoms with Crippen LogP contribution in [0.2, 0.25) is 0 Å².